The van der Waals surface area contributed by atoms with Crippen molar-refractivity contribution in [2.45, 2.75) is 26.8 Å². The molecule has 0 aliphatic rings. The van der Waals surface area contributed by atoms with Crippen LogP contribution in [0, 0.1) is 13.8 Å². The van der Waals surface area contributed by atoms with Crippen molar-refractivity contribution >= 4 is 22.6 Å². The van der Waals surface area contributed by atoms with Crippen LogP contribution in [0.4, 0.5) is 14.5 Å². The van der Waals surface area contributed by atoms with E-state index in [1.165, 1.54) is 17.0 Å². The Bertz CT molecular complexity index is 1170. The molecule has 148 valence electrons. The highest BCUT2D eigenvalue weighted by Crippen LogP contribution is 2.33. The standard InChI is InChI=1S/C21H18F2N4O2/c1-12-5-7-14(8-6-12)24-18(28)11-27-21-19(13(2)26-27)15(20(22)23)10-16(25-21)17-4-3-9-29-17/h3-10,20H,11H2,1-2H3,(H,24,28). The third-order valence-corrected chi connectivity index (χ3v) is 4.55. The number of aryl methyl sites for hydroxylation is 2. The third-order valence-electron chi connectivity index (χ3n) is 4.55. The SMILES string of the molecule is Cc1ccc(NC(=O)Cn2nc(C)c3c(C(F)F)cc(-c4ccco4)nc32)cc1. The number of nitrogens with one attached hydrogen (secondary N) is 1. The van der Waals surface area contributed by atoms with Crippen LogP contribution in [0.2, 0.25) is 0 Å². The number of aromatic nitrogens is 3. The van der Waals surface area contributed by atoms with Gasteiger partial charge in [-0.25, -0.2) is 18.4 Å². The molecule has 0 unspecified atom stereocenters. The zero-order chi connectivity index (χ0) is 20.5. The molecule has 1 amide bonds. The van der Waals surface area contributed by atoms with Crippen molar-refractivity contribution < 1.29 is 18.0 Å². The van der Waals surface area contributed by atoms with Crippen LogP contribution >= 0.6 is 0 Å². The van der Waals surface area contributed by atoms with E-state index in [-0.39, 0.29) is 34.7 Å². The number of pyridine rings is 1. The van der Waals surface area contributed by atoms with Gasteiger partial charge in [-0.3, -0.25) is 4.79 Å². The van der Waals surface area contributed by atoms with Gasteiger partial charge < -0.3 is 9.73 Å². The van der Waals surface area contributed by atoms with Crippen LogP contribution in [0.5, 0.6) is 0 Å². The lowest BCUT2D eigenvalue weighted by Gasteiger charge is -2.08. The van der Waals surface area contributed by atoms with Crippen molar-refractivity contribution in [2.75, 3.05) is 5.32 Å². The Balaban J connectivity index is 1.72. The van der Waals surface area contributed by atoms with Gasteiger partial charge >= 0.3 is 0 Å². The van der Waals surface area contributed by atoms with Crippen molar-refractivity contribution in [2.24, 2.45) is 0 Å². The molecule has 0 radical (unpaired) electrons. The summed E-state index contributed by atoms with van der Waals surface area (Å²) in [7, 11) is 0. The normalized spacial score (nSPS) is 11.3. The Kier molecular flexibility index (Phi) is 4.84. The molecule has 0 saturated heterocycles. The largest absolute Gasteiger partial charge is 0.463 e. The maximum Gasteiger partial charge on any atom is 0.264 e. The number of carbonyl (C=O) groups is 1. The predicted molar refractivity (Wildman–Crippen MR) is 105 cm³/mol. The second kappa shape index (κ2) is 7.46. The van der Waals surface area contributed by atoms with E-state index in [2.05, 4.69) is 15.4 Å². The molecule has 29 heavy (non-hydrogen) atoms. The van der Waals surface area contributed by atoms with Gasteiger partial charge in [0.25, 0.3) is 6.43 Å². The second-order valence-electron chi connectivity index (χ2n) is 6.73. The van der Waals surface area contributed by atoms with Crippen LogP contribution in [0.1, 0.15) is 23.2 Å². The Morgan fingerprint density at radius 3 is 2.62 bits per heavy atom. The third kappa shape index (κ3) is 3.73. The number of fused-ring (bicyclic) bond motifs is 1. The lowest BCUT2D eigenvalue weighted by Crippen LogP contribution is -2.19. The monoisotopic (exact) mass is 396 g/mol. The molecule has 4 aromatic rings. The number of anilines is 1. The predicted octanol–water partition coefficient (Wildman–Crippen LogP) is 4.88. The van der Waals surface area contributed by atoms with Crippen LogP contribution in [-0.2, 0) is 11.3 Å². The summed E-state index contributed by atoms with van der Waals surface area (Å²) in [4.78, 5) is 16.9. The number of halogens is 2. The maximum absolute atomic E-state index is 13.7. The van der Waals surface area contributed by atoms with Crippen molar-refractivity contribution in [3.8, 4) is 11.5 Å². The summed E-state index contributed by atoms with van der Waals surface area (Å²) in [5.74, 6) is 0.0327. The van der Waals surface area contributed by atoms with Crippen molar-refractivity contribution in [1.29, 1.82) is 0 Å². The van der Waals surface area contributed by atoms with E-state index >= 15 is 0 Å². The second-order valence-corrected chi connectivity index (χ2v) is 6.73. The number of furan rings is 1. The lowest BCUT2D eigenvalue weighted by molar-refractivity contribution is -0.116. The zero-order valence-corrected chi connectivity index (χ0v) is 15.8. The average Bonchev–Trinajstić information content (AvgIpc) is 3.32. The molecule has 0 aliphatic carbocycles. The molecule has 0 atom stereocenters. The molecular weight excluding hydrogens is 378 g/mol. The van der Waals surface area contributed by atoms with E-state index in [1.54, 1.807) is 31.2 Å². The van der Waals surface area contributed by atoms with Crippen LogP contribution in [0.3, 0.4) is 0 Å². The summed E-state index contributed by atoms with van der Waals surface area (Å²) in [6.45, 7) is 3.42. The molecule has 4 rings (SSSR count). The van der Waals surface area contributed by atoms with Crippen LogP contribution in [0.15, 0.2) is 53.1 Å². The molecule has 0 bridgehead atoms. The number of hydrogen-bond donors (Lipinski definition) is 1. The quantitative estimate of drug-likeness (QED) is 0.522. The van der Waals surface area contributed by atoms with Gasteiger partial charge in [0.05, 0.1) is 17.3 Å². The Morgan fingerprint density at radius 1 is 1.21 bits per heavy atom. The number of nitrogens with zero attached hydrogens (tertiary/aromatic N) is 3. The molecule has 0 aliphatic heterocycles. The number of amides is 1. The minimum atomic E-state index is -2.72. The molecule has 0 saturated carbocycles. The molecule has 3 heterocycles. The number of hydrogen-bond acceptors (Lipinski definition) is 4. The van der Waals surface area contributed by atoms with Crippen LogP contribution in [-0.4, -0.2) is 20.7 Å². The summed E-state index contributed by atoms with van der Waals surface area (Å²) in [6, 6.07) is 12.0. The summed E-state index contributed by atoms with van der Waals surface area (Å²) in [5.41, 5.74) is 2.39. The van der Waals surface area contributed by atoms with Gasteiger partial charge in [0.15, 0.2) is 11.4 Å². The molecule has 1 N–H and O–H groups in total. The van der Waals surface area contributed by atoms with E-state index in [0.717, 1.165) is 5.56 Å². The molecule has 8 heteroatoms. The van der Waals surface area contributed by atoms with Gasteiger partial charge in [-0.2, -0.15) is 5.10 Å². The molecule has 0 fully saturated rings. The van der Waals surface area contributed by atoms with Gasteiger partial charge in [-0.05, 0) is 44.2 Å². The fourth-order valence-electron chi connectivity index (χ4n) is 3.19. The molecule has 1 aromatic carbocycles. The maximum atomic E-state index is 13.7. The summed E-state index contributed by atoms with van der Waals surface area (Å²) in [6.07, 6.45) is -1.27. The van der Waals surface area contributed by atoms with Crippen molar-refractivity contribution in [3.63, 3.8) is 0 Å². The minimum absolute atomic E-state index is 0.157. The van der Waals surface area contributed by atoms with Gasteiger partial charge in [-0.15, -0.1) is 0 Å². The topological polar surface area (TPSA) is 73.0 Å². The first-order chi connectivity index (χ1) is 13.9. The van der Waals surface area contributed by atoms with Gasteiger partial charge in [0.1, 0.15) is 12.2 Å². The zero-order valence-electron chi connectivity index (χ0n) is 15.8. The van der Waals surface area contributed by atoms with Gasteiger partial charge in [0.2, 0.25) is 5.91 Å². The highest BCUT2D eigenvalue weighted by Gasteiger charge is 2.22. The Morgan fingerprint density at radius 2 is 1.97 bits per heavy atom. The minimum Gasteiger partial charge on any atom is -0.463 e. The van der Waals surface area contributed by atoms with E-state index in [9.17, 15) is 13.6 Å². The van der Waals surface area contributed by atoms with Crippen LogP contribution < -0.4 is 5.32 Å². The molecule has 0 spiro atoms. The number of rotatable bonds is 5. The Labute approximate surface area is 165 Å². The molecular formula is C21H18F2N4O2. The van der Waals surface area contributed by atoms with E-state index in [4.69, 9.17) is 4.42 Å². The average molecular weight is 396 g/mol. The summed E-state index contributed by atoms with van der Waals surface area (Å²) in [5, 5.41) is 7.31. The van der Waals surface area contributed by atoms with Gasteiger partial charge in [0, 0.05) is 11.3 Å². The van der Waals surface area contributed by atoms with Crippen molar-refractivity contribution in [3.05, 3.63) is 65.5 Å². The highest BCUT2D eigenvalue weighted by atomic mass is 19.3. The number of carbonyl (C=O) groups excluding carboxylic acids is 1. The van der Waals surface area contributed by atoms with Crippen LogP contribution in [0.25, 0.3) is 22.5 Å². The molecule has 3 aromatic heterocycles. The fourth-order valence-corrected chi connectivity index (χ4v) is 3.19. The van der Waals surface area contributed by atoms with Crippen molar-refractivity contribution in [1.82, 2.24) is 14.8 Å². The van der Waals surface area contributed by atoms with E-state index < -0.39 is 6.43 Å². The number of benzene rings is 1. The lowest BCUT2D eigenvalue weighted by atomic mass is 10.1. The van der Waals surface area contributed by atoms with E-state index in [1.807, 2.05) is 19.1 Å². The highest BCUT2D eigenvalue weighted by molar-refractivity contribution is 5.92. The van der Waals surface area contributed by atoms with E-state index in [0.29, 0.717) is 17.1 Å². The first-order valence-corrected chi connectivity index (χ1v) is 8.99. The van der Waals surface area contributed by atoms with Gasteiger partial charge in [-0.1, -0.05) is 17.7 Å². The smallest absolute Gasteiger partial charge is 0.264 e. The summed E-state index contributed by atoms with van der Waals surface area (Å²) >= 11 is 0. The first kappa shape index (κ1) is 18.8. The Hall–Kier alpha value is -3.55. The number of alkyl halides is 2. The molecule has 6 nitrogen and oxygen atoms in total. The first-order valence-electron chi connectivity index (χ1n) is 8.99. The fraction of sp³-hybridized carbons (Fsp3) is 0.190. The summed E-state index contributed by atoms with van der Waals surface area (Å²) < 4.78 is 34.1.